The van der Waals surface area contributed by atoms with E-state index in [1.54, 1.807) is 25.3 Å². The molecule has 1 amide bonds. The highest BCUT2D eigenvalue weighted by molar-refractivity contribution is 6.32. The first-order chi connectivity index (χ1) is 9.15. The van der Waals surface area contributed by atoms with E-state index in [-0.39, 0.29) is 24.2 Å². The van der Waals surface area contributed by atoms with Crippen LogP contribution in [0.4, 0.5) is 5.69 Å². The second-order valence-corrected chi connectivity index (χ2v) is 5.28. The molecule has 0 aromatic heterocycles. The van der Waals surface area contributed by atoms with Crippen LogP contribution in [-0.2, 0) is 4.79 Å². The predicted molar refractivity (Wildman–Crippen MR) is 83.8 cm³/mol. The summed E-state index contributed by atoms with van der Waals surface area (Å²) in [7, 11) is 1.56. The molecular formula is C14H20Cl2N2O2. The van der Waals surface area contributed by atoms with E-state index < -0.39 is 0 Å². The van der Waals surface area contributed by atoms with Crippen LogP contribution in [0.2, 0.25) is 5.02 Å². The topological polar surface area (TPSA) is 64.3 Å². The summed E-state index contributed by atoms with van der Waals surface area (Å²) in [4.78, 5) is 12.2. The van der Waals surface area contributed by atoms with Crippen LogP contribution < -0.4 is 15.8 Å². The third kappa shape index (κ3) is 3.78. The Morgan fingerprint density at radius 2 is 2.25 bits per heavy atom. The van der Waals surface area contributed by atoms with Gasteiger partial charge in [-0.05, 0) is 43.5 Å². The third-order valence-corrected chi connectivity index (χ3v) is 4.01. The number of benzene rings is 1. The first kappa shape index (κ1) is 17.1. The average molecular weight is 319 g/mol. The van der Waals surface area contributed by atoms with Gasteiger partial charge in [0, 0.05) is 11.6 Å². The summed E-state index contributed by atoms with van der Waals surface area (Å²) in [6.07, 6.45) is 3.03. The average Bonchev–Trinajstić information content (AvgIpc) is 2.87. The summed E-state index contributed by atoms with van der Waals surface area (Å²) in [5.74, 6) is 0.953. The van der Waals surface area contributed by atoms with E-state index in [1.807, 2.05) is 0 Å². The molecule has 3 N–H and O–H groups in total. The Morgan fingerprint density at radius 3 is 2.85 bits per heavy atom. The van der Waals surface area contributed by atoms with Gasteiger partial charge >= 0.3 is 0 Å². The molecule has 2 rings (SSSR count). The Labute approximate surface area is 130 Å². The van der Waals surface area contributed by atoms with Crippen molar-refractivity contribution in [3.8, 4) is 5.75 Å². The minimum Gasteiger partial charge on any atom is -0.495 e. The van der Waals surface area contributed by atoms with Gasteiger partial charge in [-0.3, -0.25) is 4.79 Å². The van der Waals surface area contributed by atoms with Gasteiger partial charge < -0.3 is 15.8 Å². The van der Waals surface area contributed by atoms with Crippen molar-refractivity contribution in [2.45, 2.75) is 19.3 Å². The number of hydrogen-bond acceptors (Lipinski definition) is 3. The lowest BCUT2D eigenvalue weighted by molar-refractivity contribution is -0.120. The molecule has 0 radical (unpaired) electrons. The molecule has 20 heavy (non-hydrogen) atoms. The Bertz CT molecular complexity index is 468. The van der Waals surface area contributed by atoms with Crippen LogP contribution in [0.15, 0.2) is 18.2 Å². The minimum atomic E-state index is 0. The smallest absolute Gasteiger partial charge is 0.227 e. The highest BCUT2D eigenvalue weighted by Crippen LogP contribution is 2.33. The van der Waals surface area contributed by atoms with Crippen LogP contribution in [0.5, 0.6) is 5.75 Å². The van der Waals surface area contributed by atoms with Crippen LogP contribution in [0.1, 0.15) is 19.3 Å². The van der Waals surface area contributed by atoms with Gasteiger partial charge in [0.1, 0.15) is 5.75 Å². The van der Waals surface area contributed by atoms with Crippen molar-refractivity contribution >= 4 is 35.6 Å². The summed E-state index contributed by atoms with van der Waals surface area (Å²) < 4.78 is 5.08. The van der Waals surface area contributed by atoms with Gasteiger partial charge in [0.25, 0.3) is 0 Å². The quantitative estimate of drug-likeness (QED) is 0.896. The molecule has 1 saturated carbocycles. The summed E-state index contributed by atoms with van der Waals surface area (Å²) in [5, 5.41) is 3.39. The van der Waals surface area contributed by atoms with Crippen molar-refractivity contribution in [1.82, 2.24) is 0 Å². The third-order valence-electron chi connectivity index (χ3n) is 3.72. The first-order valence-electron chi connectivity index (χ1n) is 6.50. The SMILES string of the molecule is COc1ccc(NC(=O)[C@@H]2CCC[C@@H]2CN)cc1Cl.Cl. The zero-order chi connectivity index (χ0) is 13.8. The van der Waals surface area contributed by atoms with Gasteiger partial charge in [0.05, 0.1) is 12.1 Å². The molecule has 1 aromatic rings. The fourth-order valence-corrected chi connectivity index (χ4v) is 2.90. The summed E-state index contributed by atoms with van der Waals surface area (Å²) >= 11 is 6.03. The second-order valence-electron chi connectivity index (χ2n) is 4.87. The zero-order valence-electron chi connectivity index (χ0n) is 11.4. The maximum atomic E-state index is 12.2. The maximum absolute atomic E-state index is 12.2. The lowest BCUT2D eigenvalue weighted by Gasteiger charge is -2.17. The van der Waals surface area contributed by atoms with E-state index >= 15 is 0 Å². The first-order valence-corrected chi connectivity index (χ1v) is 6.88. The minimum absolute atomic E-state index is 0. The predicted octanol–water partition coefficient (Wildman–Crippen LogP) is 3.08. The number of nitrogens with one attached hydrogen (secondary N) is 1. The van der Waals surface area contributed by atoms with Crippen molar-refractivity contribution in [1.29, 1.82) is 0 Å². The van der Waals surface area contributed by atoms with Crippen molar-refractivity contribution in [2.75, 3.05) is 19.0 Å². The molecule has 2 atom stereocenters. The molecule has 0 saturated heterocycles. The fourth-order valence-electron chi connectivity index (χ4n) is 2.64. The van der Waals surface area contributed by atoms with E-state index in [1.165, 1.54) is 0 Å². The number of hydrogen-bond donors (Lipinski definition) is 2. The van der Waals surface area contributed by atoms with Crippen LogP contribution in [-0.4, -0.2) is 19.6 Å². The van der Waals surface area contributed by atoms with E-state index in [2.05, 4.69) is 5.32 Å². The maximum Gasteiger partial charge on any atom is 0.227 e. The Hall–Kier alpha value is -0.970. The Morgan fingerprint density at radius 1 is 1.50 bits per heavy atom. The van der Waals surface area contributed by atoms with Crippen LogP contribution >= 0.6 is 24.0 Å². The molecular weight excluding hydrogens is 299 g/mol. The van der Waals surface area contributed by atoms with E-state index in [4.69, 9.17) is 22.1 Å². The van der Waals surface area contributed by atoms with Gasteiger partial charge in [-0.25, -0.2) is 0 Å². The number of methoxy groups -OCH3 is 1. The summed E-state index contributed by atoms with van der Waals surface area (Å²) in [6, 6.07) is 5.23. The molecule has 1 aromatic carbocycles. The number of carbonyl (C=O) groups is 1. The Balaban J connectivity index is 0.00000200. The molecule has 1 aliphatic carbocycles. The van der Waals surface area contributed by atoms with Gasteiger partial charge in [0.2, 0.25) is 5.91 Å². The molecule has 0 heterocycles. The molecule has 0 unspecified atom stereocenters. The lowest BCUT2D eigenvalue weighted by Crippen LogP contribution is -2.29. The standard InChI is InChI=1S/C14H19ClN2O2.ClH/c1-19-13-6-5-10(7-12(13)15)17-14(18)11-4-2-3-9(11)8-16;/h5-7,9,11H,2-4,8,16H2,1H3,(H,17,18);1H/t9-,11-;/m1./s1. The highest BCUT2D eigenvalue weighted by Gasteiger charge is 2.31. The number of ether oxygens (including phenoxy) is 1. The monoisotopic (exact) mass is 318 g/mol. The number of carbonyl (C=O) groups excluding carboxylic acids is 1. The molecule has 0 bridgehead atoms. The van der Waals surface area contributed by atoms with Crippen LogP contribution in [0, 0.1) is 11.8 Å². The van der Waals surface area contributed by atoms with Crippen molar-refractivity contribution in [2.24, 2.45) is 17.6 Å². The fraction of sp³-hybridized carbons (Fsp3) is 0.500. The van der Waals surface area contributed by atoms with Crippen molar-refractivity contribution in [3.63, 3.8) is 0 Å². The van der Waals surface area contributed by atoms with Crippen LogP contribution in [0.3, 0.4) is 0 Å². The van der Waals surface area contributed by atoms with Crippen molar-refractivity contribution in [3.05, 3.63) is 23.2 Å². The zero-order valence-corrected chi connectivity index (χ0v) is 13.0. The number of amides is 1. The van der Waals surface area contributed by atoms with Gasteiger partial charge in [-0.2, -0.15) is 0 Å². The van der Waals surface area contributed by atoms with Gasteiger partial charge in [-0.15, -0.1) is 12.4 Å². The van der Waals surface area contributed by atoms with E-state index in [0.717, 1.165) is 19.3 Å². The molecule has 112 valence electrons. The molecule has 1 aliphatic rings. The largest absolute Gasteiger partial charge is 0.495 e. The van der Waals surface area contributed by atoms with Gasteiger partial charge in [-0.1, -0.05) is 18.0 Å². The Kier molecular flexibility index (Phi) is 6.59. The van der Waals surface area contributed by atoms with Crippen molar-refractivity contribution < 1.29 is 9.53 Å². The van der Waals surface area contributed by atoms with E-state index in [0.29, 0.717) is 28.9 Å². The number of anilines is 1. The molecule has 6 heteroatoms. The highest BCUT2D eigenvalue weighted by atomic mass is 35.5. The molecule has 0 spiro atoms. The molecule has 0 aliphatic heterocycles. The number of rotatable bonds is 4. The van der Waals surface area contributed by atoms with E-state index in [9.17, 15) is 4.79 Å². The molecule has 4 nitrogen and oxygen atoms in total. The normalized spacial score (nSPS) is 21.1. The summed E-state index contributed by atoms with van der Waals surface area (Å²) in [6.45, 7) is 0.571. The number of nitrogens with two attached hydrogens (primary N) is 1. The summed E-state index contributed by atoms with van der Waals surface area (Å²) in [5.41, 5.74) is 6.39. The molecule has 1 fully saturated rings. The van der Waals surface area contributed by atoms with Crippen LogP contribution in [0.25, 0.3) is 0 Å². The second kappa shape index (κ2) is 7.72. The lowest BCUT2D eigenvalue weighted by atomic mass is 9.95. The van der Waals surface area contributed by atoms with Gasteiger partial charge in [0.15, 0.2) is 0 Å². The number of halogens is 2.